The molecule has 19 heavy (non-hydrogen) atoms. The zero-order valence-corrected chi connectivity index (χ0v) is 10.8. The van der Waals surface area contributed by atoms with Crippen LogP contribution in [0.1, 0.15) is 6.92 Å². The number of methoxy groups -OCH3 is 1. The van der Waals surface area contributed by atoms with Crippen molar-refractivity contribution < 1.29 is 14.2 Å². The van der Waals surface area contributed by atoms with Crippen molar-refractivity contribution in [1.29, 1.82) is 0 Å². The lowest BCUT2D eigenvalue weighted by Crippen LogP contribution is -2.03. The van der Waals surface area contributed by atoms with Crippen LogP contribution in [0, 0.1) is 0 Å². The molecule has 1 aromatic carbocycles. The zero-order chi connectivity index (χ0) is 13.7. The molecule has 6 nitrogen and oxygen atoms in total. The number of hydrogen-bond acceptors (Lipinski definition) is 6. The lowest BCUT2D eigenvalue weighted by Gasteiger charge is -2.12. The van der Waals surface area contributed by atoms with Gasteiger partial charge < -0.3 is 19.9 Å². The Morgan fingerprint density at radius 2 is 1.79 bits per heavy atom. The van der Waals surface area contributed by atoms with Gasteiger partial charge in [0.15, 0.2) is 17.2 Å². The first-order valence-corrected chi connectivity index (χ1v) is 5.80. The van der Waals surface area contributed by atoms with Gasteiger partial charge in [-0.1, -0.05) is 12.1 Å². The second-order valence-corrected chi connectivity index (χ2v) is 3.58. The van der Waals surface area contributed by atoms with E-state index < -0.39 is 0 Å². The molecule has 1 heterocycles. The van der Waals surface area contributed by atoms with E-state index in [4.69, 9.17) is 19.9 Å². The largest absolute Gasteiger partial charge is 0.493 e. The number of anilines is 1. The Labute approximate surface area is 111 Å². The average molecular weight is 261 g/mol. The van der Waals surface area contributed by atoms with E-state index in [1.54, 1.807) is 19.2 Å². The lowest BCUT2D eigenvalue weighted by molar-refractivity contribution is 0.324. The molecular formula is C13H15N3O3. The summed E-state index contributed by atoms with van der Waals surface area (Å²) in [6, 6.07) is 7.23. The number of rotatable bonds is 5. The maximum atomic E-state index is 5.89. The predicted octanol–water partition coefficient (Wildman–Crippen LogP) is 2.26. The number of para-hydroxylation sites is 2. The monoisotopic (exact) mass is 261 g/mol. The van der Waals surface area contributed by atoms with Gasteiger partial charge in [0.05, 0.1) is 13.7 Å². The van der Waals surface area contributed by atoms with Gasteiger partial charge in [0.25, 0.3) is 0 Å². The number of nitrogen functional groups attached to an aromatic ring is 1. The number of nitrogens with two attached hydrogens (primary N) is 1. The number of ether oxygens (including phenoxy) is 3. The number of nitrogens with zero attached hydrogens (tertiary/aromatic N) is 2. The minimum Gasteiger partial charge on any atom is -0.493 e. The molecule has 2 aromatic rings. The van der Waals surface area contributed by atoms with Crippen molar-refractivity contribution in [3.63, 3.8) is 0 Å². The van der Waals surface area contributed by atoms with Crippen molar-refractivity contribution in [3.8, 4) is 23.3 Å². The smallest absolute Gasteiger partial charge is 0.250 e. The third kappa shape index (κ3) is 2.85. The highest BCUT2D eigenvalue weighted by atomic mass is 16.5. The number of benzene rings is 1. The molecule has 2 rings (SSSR count). The molecule has 2 N–H and O–H groups in total. The first kappa shape index (κ1) is 12.9. The molecule has 0 fully saturated rings. The second-order valence-electron chi connectivity index (χ2n) is 3.58. The molecule has 0 radical (unpaired) electrons. The predicted molar refractivity (Wildman–Crippen MR) is 70.7 cm³/mol. The Kier molecular flexibility index (Phi) is 4.02. The molecule has 1 aromatic heterocycles. The summed E-state index contributed by atoms with van der Waals surface area (Å²) in [5, 5.41) is 0. The lowest BCUT2D eigenvalue weighted by atomic mass is 10.3. The van der Waals surface area contributed by atoms with Crippen LogP contribution in [0.5, 0.6) is 23.3 Å². The van der Waals surface area contributed by atoms with E-state index in [2.05, 4.69) is 9.97 Å². The van der Waals surface area contributed by atoms with Crippen LogP contribution in [0.25, 0.3) is 0 Å². The molecule has 0 aliphatic heterocycles. The van der Waals surface area contributed by atoms with E-state index >= 15 is 0 Å². The van der Waals surface area contributed by atoms with E-state index in [0.717, 1.165) is 0 Å². The summed E-state index contributed by atoms with van der Waals surface area (Å²) >= 11 is 0. The van der Waals surface area contributed by atoms with Gasteiger partial charge in [0, 0.05) is 0 Å². The van der Waals surface area contributed by atoms with Crippen molar-refractivity contribution >= 4 is 5.69 Å². The summed E-state index contributed by atoms with van der Waals surface area (Å²) in [5.74, 6) is 1.67. The van der Waals surface area contributed by atoms with Crippen LogP contribution in [0.4, 0.5) is 5.69 Å². The topological polar surface area (TPSA) is 79.5 Å². The molecule has 0 atom stereocenters. The van der Waals surface area contributed by atoms with Crippen LogP contribution >= 0.6 is 0 Å². The van der Waals surface area contributed by atoms with Crippen molar-refractivity contribution in [3.05, 3.63) is 30.6 Å². The Morgan fingerprint density at radius 3 is 2.47 bits per heavy atom. The maximum absolute atomic E-state index is 5.89. The summed E-state index contributed by atoms with van der Waals surface area (Å²) in [6.07, 6.45) is 1.34. The fourth-order valence-corrected chi connectivity index (χ4v) is 1.50. The Morgan fingerprint density at radius 1 is 1.11 bits per heavy atom. The maximum Gasteiger partial charge on any atom is 0.250 e. The summed E-state index contributed by atoms with van der Waals surface area (Å²) < 4.78 is 16.1. The number of hydrogen-bond donors (Lipinski definition) is 1. The zero-order valence-electron chi connectivity index (χ0n) is 10.8. The highest BCUT2D eigenvalue weighted by molar-refractivity contribution is 5.57. The van der Waals surface area contributed by atoms with Gasteiger partial charge in [-0.25, -0.2) is 0 Å². The van der Waals surface area contributed by atoms with Crippen LogP contribution in [-0.2, 0) is 0 Å². The van der Waals surface area contributed by atoms with E-state index in [9.17, 15) is 0 Å². The quantitative estimate of drug-likeness (QED) is 0.889. The molecular weight excluding hydrogens is 246 g/mol. The molecule has 6 heteroatoms. The van der Waals surface area contributed by atoms with E-state index in [1.165, 1.54) is 6.33 Å². The third-order valence-electron chi connectivity index (χ3n) is 2.37. The number of aromatic nitrogens is 2. The van der Waals surface area contributed by atoms with E-state index in [0.29, 0.717) is 24.0 Å². The van der Waals surface area contributed by atoms with Gasteiger partial charge in [-0.3, -0.25) is 0 Å². The molecule has 0 saturated carbocycles. The van der Waals surface area contributed by atoms with Crippen molar-refractivity contribution in [2.24, 2.45) is 0 Å². The molecule has 0 spiro atoms. The summed E-state index contributed by atoms with van der Waals surface area (Å²) in [5.41, 5.74) is 6.15. The molecule has 0 bridgehead atoms. The summed E-state index contributed by atoms with van der Waals surface area (Å²) in [7, 11) is 1.57. The molecule has 0 aliphatic rings. The first-order chi connectivity index (χ1) is 9.26. The Hall–Kier alpha value is -2.50. The van der Waals surface area contributed by atoms with Crippen molar-refractivity contribution in [1.82, 2.24) is 9.97 Å². The van der Waals surface area contributed by atoms with Crippen LogP contribution in [0.2, 0.25) is 0 Å². The van der Waals surface area contributed by atoms with Crippen LogP contribution in [-0.4, -0.2) is 23.7 Å². The van der Waals surface area contributed by atoms with Gasteiger partial charge in [-0.2, -0.15) is 9.97 Å². The molecule has 0 amide bonds. The first-order valence-electron chi connectivity index (χ1n) is 5.80. The Balaban J connectivity index is 2.30. The summed E-state index contributed by atoms with van der Waals surface area (Å²) in [4.78, 5) is 7.94. The molecule has 0 aliphatic carbocycles. The normalized spacial score (nSPS) is 10.0. The van der Waals surface area contributed by atoms with Crippen LogP contribution in [0.3, 0.4) is 0 Å². The van der Waals surface area contributed by atoms with E-state index in [1.807, 2.05) is 19.1 Å². The second kappa shape index (κ2) is 5.90. The van der Waals surface area contributed by atoms with Crippen LogP contribution in [0.15, 0.2) is 30.6 Å². The SMILES string of the molecule is CCOc1ncnc(Oc2ccccc2OC)c1N. The van der Waals surface area contributed by atoms with Gasteiger partial charge in [0.1, 0.15) is 6.33 Å². The van der Waals surface area contributed by atoms with Crippen LogP contribution < -0.4 is 19.9 Å². The van der Waals surface area contributed by atoms with Crippen molar-refractivity contribution in [2.45, 2.75) is 6.92 Å². The molecule has 100 valence electrons. The highest BCUT2D eigenvalue weighted by Gasteiger charge is 2.13. The standard InChI is InChI=1S/C13H15N3O3/c1-3-18-12-11(14)13(16-8-15-12)19-10-7-5-4-6-9(10)17-2/h4-8H,3,14H2,1-2H3. The van der Waals surface area contributed by atoms with E-state index in [-0.39, 0.29) is 11.6 Å². The van der Waals surface area contributed by atoms with Gasteiger partial charge in [-0.05, 0) is 19.1 Å². The summed E-state index contributed by atoms with van der Waals surface area (Å²) in [6.45, 7) is 2.32. The average Bonchev–Trinajstić information content (AvgIpc) is 2.44. The fourth-order valence-electron chi connectivity index (χ4n) is 1.50. The van der Waals surface area contributed by atoms with Gasteiger partial charge in [0.2, 0.25) is 11.8 Å². The van der Waals surface area contributed by atoms with Crippen molar-refractivity contribution in [2.75, 3.05) is 19.5 Å². The van der Waals surface area contributed by atoms with Gasteiger partial charge >= 0.3 is 0 Å². The van der Waals surface area contributed by atoms with Gasteiger partial charge in [-0.15, -0.1) is 0 Å². The third-order valence-corrected chi connectivity index (χ3v) is 2.37. The fraction of sp³-hybridized carbons (Fsp3) is 0.231. The highest BCUT2D eigenvalue weighted by Crippen LogP contribution is 2.34. The Bertz CT molecular complexity index is 561. The minimum atomic E-state index is 0.239. The molecule has 0 unspecified atom stereocenters. The minimum absolute atomic E-state index is 0.239. The molecule has 0 saturated heterocycles.